The van der Waals surface area contributed by atoms with Crippen molar-refractivity contribution < 1.29 is 24.2 Å². The fraction of sp³-hybridized carbons (Fsp3) is 0.391. The lowest BCUT2D eigenvalue weighted by molar-refractivity contribution is -0.136. The van der Waals surface area contributed by atoms with Gasteiger partial charge >= 0.3 is 6.09 Å². The Balaban J connectivity index is 1.64. The van der Waals surface area contributed by atoms with E-state index in [0.29, 0.717) is 6.42 Å². The number of aliphatic hydroxyl groups excluding tert-OH is 1. The van der Waals surface area contributed by atoms with Gasteiger partial charge in [0.1, 0.15) is 19.4 Å². The van der Waals surface area contributed by atoms with Crippen molar-refractivity contribution in [1.82, 2.24) is 10.2 Å². The molecule has 2 aromatic rings. The van der Waals surface area contributed by atoms with Gasteiger partial charge in [0.15, 0.2) is 6.29 Å². The van der Waals surface area contributed by atoms with E-state index in [1.54, 1.807) is 0 Å². The summed E-state index contributed by atoms with van der Waals surface area (Å²) in [5.74, 6) is -0.476. The quantitative estimate of drug-likeness (QED) is 0.730. The maximum atomic E-state index is 13.2. The topological polar surface area (TPSA) is 88.1 Å². The Morgan fingerprint density at radius 1 is 1.10 bits per heavy atom. The van der Waals surface area contributed by atoms with Crippen LogP contribution in [0.4, 0.5) is 4.79 Å². The van der Waals surface area contributed by atoms with Crippen molar-refractivity contribution in [1.29, 1.82) is 0 Å². The first-order valence-corrected chi connectivity index (χ1v) is 10.1. The first-order chi connectivity index (χ1) is 14.5. The number of benzene rings is 2. The molecule has 0 aromatic heterocycles. The molecule has 0 saturated carbocycles. The van der Waals surface area contributed by atoms with Crippen LogP contribution in [0.5, 0.6) is 0 Å². The predicted molar refractivity (Wildman–Crippen MR) is 111 cm³/mol. The molecule has 1 fully saturated rings. The number of hydrogen-bond acceptors (Lipinski definition) is 5. The predicted octanol–water partition coefficient (Wildman–Crippen LogP) is 2.68. The monoisotopic (exact) mass is 412 g/mol. The highest BCUT2D eigenvalue weighted by atomic mass is 16.6. The zero-order valence-corrected chi connectivity index (χ0v) is 17.2. The van der Waals surface area contributed by atoms with Gasteiger partial charge in [0, 0.05) is 0 Å². The number of alkyl carbamates (subject to hydrolysis) is 1. The smallest absolute Gasteiger partial charge is 0.408 e. The first kappa shape index (κ1) is 21.8. The molecule has 0 aliphatic carbocycles. The van der Waals surface area contributed by atoms with Crippen LogP contribution >= 0.6 is 0 Å². The Morgan fingerprint density at radius 3 is 2.30 bits per heavy atom. The molecule has 160 valence electrons. The standard InChI is InChI=1S/C23H28N2O5/c1-16(2)20(24-23(28)29-14-18-11-7-4-8-12-18)21(26)25-15-30-22(27)19(25)13-17-9-5-3-6-10-17/h3-12,16,19-20,22,27H,13-15H2,1-2H3,(H,24,28)/t19-,20-,22+/m0/s1. The number of hydrogen-bond donors (Lipinski definition) is 2. The number of rotatable bonds is 7. The van der Waals surface area contributed by atoms with E-state index in [1.165, 1.54) is 4.90 Å². The van der Waals surface area contributed by atoms with Crippen molar-refractivity contribution >= 4 is 12.0 Å². The van der Waals surface area contributed by atoms with Crippen LogP contribution in [0.15, 0.2) is 60.7 Å². The lowest BCUT2D eigenvalue weighted by Gasteiger charge is -2.30. The number of nitrogens with one attached hydrogen (secondary N) is 1. The molecular weight excluding hydrogens is 384 g/mol. The van der Waals surface area contributed by atoms with Gasteiger partial charge in [-0.25, -0.2) is 4.79 Å². The van der Waals surface area contributed by atoms with E-state index in [1.807, 2.05) is 74.5 Å². The molecule has 7 nitrogen and oxygen atoms in total. The van der Waals surface area contributed by atoms with Crippen molar-refractivity contribution in [2.75, 3.05) is 6.73 Å². The van der Waals surface area contributed by atoms with Crippen LogP contribution in [0.1, 0.15) is 25.0 Å². The molecule has 2 aromatic carbocycles. The van der Waals surface area contributed by atoms with Gasteiger partial charge < -0.3 is 24.8 Å². The van der Waals surface area contributed by atoms with E-state index in [9.17, 15) is 14.7 Å². The van der Waals surface area contributed by atoms with E-state index in [4.69, 9.17) is 9.47 Å². The lowest BCUT2D eigenvalue weighted by Crippen LogP contribution is -2.53. The van der Waals surface area contributed by atoms with Gasteiger partial charge in [0.25, 0.3) is 0 Å². The molecule has 3 rings (SSSR count). The molecule has 1 aliphatic heterocycles. The van der Waals surface area contributed by atoms with Crippen LogP contribution in [0.25, 0.3) is 0 Å². The van der Waals surface area contributed by atoms with Gasteiger partial charge in [0.2, 0.25) is 5.91 Å². The molecular formula is C23H28N2O5. The van der Waals surface area contributed by atoms with Crippen LogP contribution < -0.4 is 5.32 Å². The maximum Gasteiger partial charge on any atom is 0.408 e. The zero-order valence-electron chi connectivity index (χ0n) is 17.2. The third-order valence-corrected chi connectivity index (χ3v) is 5.10. The average Bonchev–Trinajstić information content (AvgIpc) is 3.11. The summed E-state index contributed by atoms with van der Waals surface area (Å²) in [5.41, 5.74) is 1.85. The zero-order chi connectivity index (χ0) is 21.5. The average molecular weight is 412 g/mol. The van der Waals surface area contributed by atoms with Crippen molar-refractivity contribution in [3.8, 4) is 0 Å². The summed E-state index contributed by atoms with van der Waals surface area (Å²) in [6.45, 7) is 3.79. The molecule has 1 heterocycles. The first-order valence-electron chi connectivity index (χ1n) is 10.1. The van der Waals surface area contributed by atoms with Crippen LogP contribution in [0.2, 0.25) is 0 Å². The molecule has 0 spiro atoms. The number of nitrogens with zero attached hydrogens (tertiary/aromatic N) is 1. The van der Waals surface area contributed by atoms with E-state index < -0.39 is 24.5 Å². The normalized spacial score (nSPS) is 19.5. The Kier molecular flexibility index (Phi) is 7.43. The number of ether oxygens (including phenoxy) is 2. The number of amides is 2. The molecule has 2 N–H and O–H groups in total. The second kappa shape index (κ2) is 10.2. The lowest BCUT2D eigenvalue weighted by atomic mass is 10.0. The van der Waals surface area contributed by atoms with Crippen molar-refractivity contribution in [3.05, 3.63) is 71.8 Å². The molecule has 0 unspecified atom stereocenters. The van der Waals surface area contributed by atoms with Crippen LogP contribution in [-0.2, 0) is 27.3 Å². The fourth-order valence-corrected chi connectivity index (χ4v) is 3.40. The second-order valence-corrected chi connectivity index (χ2v) is 7.68. The van der Waals surface area contributed by atoms with Crippen molar-refractivity contribution in [3.63, 3.8) is 0 Å². The Labute approximate surface area is 176 Å². The number of aliphatic hydroxyl groups is 1. The van der Waals surface area contributed by atoms with Crippen LogP contribution in [-0.4, -0.2) is 47.1 Å². The Bertz CT molecular complexity index is 828. The van der Waals surface area contributed by atoms with Gasteiger partial charge in [-0.3, -0.25) is 4.79 Å². The molecule has 7 heteroatoms. The summed E-state index contributed by atoms with van der Waals surface area (Å²) >= 11 is 0. The van der Waals surface area contributed by atoms with Gasteiger partial charge in [-0.2, -0.15) is 0 Å². The highest BCUT2D eigenvalue weighted by molar-refractivity contribution is 5.86. The summed E-state index contributed by atoms with van der Waals surface area (Å²) in [7, 11) is 0. The molecule has 2 amide bonds. The molecule has 3 atom stereocenters. The van der Waals surface area contributed by atoms with Gasteiger partial charge in [-0.05, 0) is 23.5 Å². The molecule has 0 bridgehead atoms. The van der Waals surface area contributed by atoms with Gasteiger partial charge in [-0.15, -0.1) is 0 Å². The minimum Gasteiger partial charge on any atom is -0.445 e. The third kappa shape index (κ3) is 5.58. The molecule has 1 aliphatic rings. The molecule has 0 radical (unpaired) electrons. The summed E-state index contributed by atoms with van der Waals surface area (Å²) in [4.78, 5) is 27.0. The molecule has 1 saturated heterocycles. The van der Waals surface area contributed by atoms with E-state index in [-0.39, 0.29) is 25.2 Å². The summed E-state index contributed by atoms with van der Waals surface area (Å²) in [6.07, 6.45) is -1.28. The largest absolute Gasteiger partial charge is 0.445 e. The Hall–Kier alpha value is -2.90. The third-order valence-electron chi connectivity index (χ3n) is 5.10. The molecule has 30 heavy (non-hydrogen) atoms. The van der Waals surface area contributed by atoms with Gasteiger partial charge in [0.05, 0.1) is 6.04 Å². The fourth-order valence-electron chi connectivity index (χ4n) is 3.40. The second-order valence-electron chi connectivity index (χ2n) is 7.68. The van der Waals surface area contributed by atoms with Crippen LogP contribution in [0, 0.1) is 5.92 Å². The van der Waals surface area contributed by atoms with E-state index in [2.05, 4.69) is 5.32 Å². The minimum absolute atomic E-state index is 0.0263. The van der Waals surface area contributed by atoms with E-state index in [0.717, 1.165) is 11.1 Å². The van der Waals surface area contributed by atoms with Crippen LogP contribution in [0.3, 0.4) is 0 Å². The minimum atomic E-state index is -1.08. The number of carbonyl (C=O) groups is 2. The highest BCUT2D eigenvalue weighted by Gasteiger charge is 2.40. The van der Waals surface area contributed by atoms with Gasteiger partial charge in [-0.1, -0.05) is 74.5 Å². The maximum absolute atomic E-state index is 13.2. The summed E-state index contributed by atoms with van der Waals surface area (Å²) in [5, 5.41) is 12.9. The number of carbonyl (C=O) groups excluding carboxylic acids is 2. The van der Waals surface area contributed by atoms with E-state index >= 15 is 0 Å². The van der Waals surface area contributed by atoms with Crippen molar-refractivity contribution in [2.45, 2.75) is 45.2 Å². The SMILES string of the molecule is CC(C)[C@H](NC(=O)OCc1ccccc1)C(=O)N1CO[C@@H](O)[C@@H]1Cc1ccccc1. The summed E-state index contributed by atoms with van der Waals surface area (Å²) in [6, 6.07) is 17.6. The Morgan fingerprint density at radius 2 is 1.70 bits per heavy atom. The highest BCUT2D eigenvalue weighted by Crippen LogP contribution is 2.22. The summed E-state index contributed by atoms with van der Waals surface area (Å²) < 4.78 is 10.6. The van der Waals surface area contributed by atoms with Crippen molar-refractivity contribution in [2.24, 2.45) is 5.92 Å².